The van der Waals surface area contributed by atoms with Crippen LogP contribution >= 0.6 is 11.6 Å². The topological polar surface area (TPSA) is 94.0 Å². The number of hydrazine groups is 1. The number of nitrogens with zero attached hydrogens (tertiary/aromatic N) is 5. The molecule has 0 fully saturated rings. The van der Waals surface area contributed by atoms with E-state index in [9.17, 15) is 0 Å². The van der Waals surface area contributed by atoms with Gasteiger partial charge in [-0.3, -0.25) is 0 Å². The number of aromatic nitrogens is 4. The van der Waals surface area contributed by atoms with Crippen molar-refractivity contribution in [3.05, 3.63) is 17.6 Å². The van der Waals surface area contributed by atoms with Crippen molar-refractivity contribution in [1.29, 1.82) is 0 Å². The van der Waals surface area contributed by atoms with Crippen molar-refractivity contribution >= 4 is 17.3 Å². The Morgan fingerprint density at radius 2 is 2.20 bits per heavy atom. The summed E-state index contributed by atoms with van der Waals surface area (Å²) in [7, 11) is 1.64. The van der Waals surface area contributed by atoms with Crippen LogP contribution in [0.5, 0.6) is 0 Å². The molecule has 0 aliphatic heterocycles. The van der Waals surface area contributed by atoms with Gasteiger partial charge in [-0.05, 0) is 6.07 Å². The van der Waals surface area contributed by atoms with Crippen LogP contribution in [-0.4, -0.2) is 27.4 Å². The van der Waals surface area contributed by atoms with Crippen LogP contribution in [0.1, 0.15) is 0 Å². The predicted molar refractivity (Wildman–Crippen MR) is 52.9 cm³/mol. The first-order valence-electron chi connectivity index (χ1n) is 3.96. The fourth-order valence-corrected chi connectivity index (χ4v) is 1.23. The van der Waals surface area contributed by atoms with Crippen LogP contribution < -0.4 is 10.9 Å². The van der Waals surface area contributed by atoms with Gasteiger partial charge in [-0.15, -0.1) is 20.4 Å². The van der Waals surface area contributed by atoms with E-state index in [1.807, 2.05) is 0 Å². The van der Waals surface area contributed by atoms with E-state index in [1.54, 1.807) is 13.1 Å². The number of halogens is 1. The molecule has 0 aliphatic carbocycles. The summed E-state index contributed by atoms with van der Waals surface area (Å²) in [5.41, 5.74) is 0.948. The zero-order valence-corrected chi connectivity index (χ0v) is 8.51. The minimum absolute atomic E-state index is 0.211. The zero-order valence-electron chi connectivity index (χ0n) is 7.75. The quantitative estimate of drug-likeness (QED) is 0.588. The number of hydrogen-bond donors (Lipinski definition) is 1. The maximum Gasteiger partial charge on any atom is 0.268 e. The lowest BCUT2D eigenvalue weighted by molar-refractivity contribution is 0.565. The fourth-order valence-electron chi connectivity index (χ4n) is 1.00. The van der Waals surface area contributed by atoms with Gasteiger partial charge in [0, 0.05) is 7.05 Å². The standard InChI is InChI=1S/C7H7ClN6O/c1-14(9)5-2-4(11-12-6(5)8)7-13-10-3-15-7/h2-3H,9H2,1H3. The van der Waals surface area contributed by atoms with Gasteiger partial charge >= 0.3 is 0 Å². The third-order valence-corrected chi connectivity index (χ3v) is 1.96. The Morgan fingerprint density at radius 1 is 1.40 bits per heavy atom. The van der Waals surface area contributed by atoms with E-state index in [0.29, 0.717) is 11.4 Å². The smallest absolute Gasteiger partial charge is 0.268 e. The van der Waals surface area contributed by atoms with Crippen LogP contribution in [0, 0.1) is 0 Å². The molecule has 0 aromatic carbocycles. The highest BCUT2D eigenvalue weighted by molar-refractivity contribution is 6.31. The highest BCUT2D eigenvalue weighted by atomic mass is 35.5. The van der Waals surface area contributed by atoms with Crippen LogP contribution in [0.4, 0.5) is 5.69 Å². The average molecular weight is 227 g/mol. The summed E-state index contributed by atoms with van der Waals surface area (Å²) in [4.78, 5) is 0. The lowest BCUT2D eigenvalue weighted by Gasteiger charge is -2.12. The van der Waals surface area contributed by atoms with Gasteiger partial charge in [0.25, 0.3) is 5.89 Å². The highest BCUT2D eigenvalue weighted by Gasteiger charge is 2.11. The van der Waals surface area contributed by atoms with Crippen molar-refractivity contribution in [3.8, 4) is 11.6 Å². The van der Waals surface area contributed by atoms with Gasteiger partial charge in [0.05, 0.1) is 5.69 Å². The molecular weight excluding hydrogens is 220 g/mol. The van der Waals surface area contributed by atoms with Crippen LogP contribution in [-0.2, 0) is 0 Å². The van der Waals surface area contributed by atoms with Gasteiger partial charge in [0.1, 0.15) is 0 Å². The normalized spacial score (nSPS) is 10.3. The van der Waals surface area contributed by atoms with Crippen molar-refractivity contribution < 1.29 is 4.42 Å². The third-order valence-electron chi connectivity index (χ3n) is 1.69. The van der Waals surface area contributed by atoms with E-state index in [2.05, 4.69) is 20.4 Å². The van der Waals surface area contributed by atoms with Crippen molar-refractivity contribution in [2.45, 2.75) is 0 Å². The predicted octanol–water partition coefficient (Wildman–Crippen LogP) is 0.490. The largest absolute Gasteiger partial charge is 0.422 e. The summed E-state index contributed by atoms with van der Waals surface area (Å²) in [6.45, 7) is 0. The van der Waals surface area contributed by atoms with Gasteiger partial charge in [-0.25, -0.2) is 5.84 Å². The second-order valence-electron chi connectivity index (χ2n) is 2.76. The first-order valence-corrected chi connectivity index (χ1v) is 4.34. The molecule has 2 N–H and O–H groups in total. The van der Waals surface area contributed by atoms with E-state index in [1.165, 1.54) is 11.4 Å². The van der Waals surface area contributed by atoms with E-state index in [-0.39, 0.29) is 11.0 Å². The molecule has 15 heavy (non-hydrogen) atoms. The molecule has 2 aromatic heterocycles. The monoisotopic (exact) mass is 226 g/mol. The third kappa shape index (κ3) is 1.88. The van der Waals surface area contributed by atoms with E-state index in [0.717, 1.165) is 0 Å². The number of hydrogen-bond acceptors (Lipinski definition) is 7. The van der Waals surface area contributed by atoms with E-state index < -0.39 is 0 Å². The molecule has 0 saturated heterocycles. The van der Waals surface area contributed by atoms with Crippen LogP contribution in [0.15, 0.2) is 16.9 Å². The van der Waals surface area contributed by atoms with Gasteiger partial charge < -0.3 is 9.43 Å². The summed E-state index contributed by atoms with van der Waals surface area (Å²) < 4.78 is 4.97. The molecule has 8 heteroatoms. The van der Waals surface area contributed by atoms with Crippen molar-refractivity contribution in [1.82, 2.24) is 20.4 Å². The van der Waals surface area contributed by atoms with Gasteiger partial charge in [-0.2, -0.15) is 0 Å². The second-order valence-corrected chi connectivity index (χ2v) is 3.12. The molecular formula is C7H7ClN6O. The Balaban J connectivity index is 2.48. The maximum atomic E-state index is 5.79. The summed E-state index contributed by atoms with van der Waals surface area (Å²) in [6.07, 6.45) is 1.21. The minimum Gasteiger partial charge on any atom is -0.422 e. The van der Waals surface area contributed by atoms with Crippen molar-refractivity contribution in [3.63, 3.8) is 0 Å². The Bertz CT molecular complexity index is 457. The molecule has 0 amide bonds. The Hall–Kier alpha value is -1.73. The molecule has 0 bridgehead atoms. The lowest BCUT2D eigenvalue weighted by atomic mass is 10.3. The molecule has 78 valence electrons. The van der Waals surface area contributed by atoms with Crippen molar-refractivity contribution in [2.24, 2.45) is 5.84 Å². The molecule has 0 spiro atoms. The molecule has 0 saturated carbocycles. The number of rotatable bonds is 2. The summed E-state index contributed by atoms with van der Waals surface area (Å²) in [5.74, 6) is 5.82. The molecule has 0 atom stereocenters. The fraction of sp³-hybridized carbons (Fsp3) is 0.143. The Labute approximate surface area is 89.8 Å². The zero-order chi connectivity index (χ0) is 10.8. The number of nitrogens with two attached hydrogens (primary N) is 1. The number of anilines is 1. The van der Waals surface area contributed by atoms with Crippen LogP contribution in [0.2, 0.25) is 5.15 Å². The van der Waals surface area contributed by atoms with Gasteiger partial charge in [0.2, 0.25) is 6.39 Å². The van der Waals surface area contributed by atoms with Gasteiger partial charge in [-0.1, -0.05) is 11.6 Å². The highest BCUT2D eigenvalue weighted by Crippen LogP contribution is 2.24. The first kappa shape index (κ1) is 9.81. The lowest BCUT2D eigenvalue weighted by Crippen LogP contribution is -2.25. The maximum absolute atomic E-state index is 5.79. The second kappa shape index (κ2) is 3.79. The van der Waals surface area contributed by atoms with E-state index in [4.69, 9.17) is 21.9 Å². The summed E-state index contributed by atoms with van der Waals surface area (Å²) >= 11 is 5.79. The SMILES string of the molecule is CN(N)c1cc(-c2nnco2)nnc1Cl. The molecule has 2 aromatic rings. The molecule has 7 nitrogen and oxygen atoms in total. The molecule has 0 unspecified atom stereocenters. The molecule has 2 heterocycles. The molecule has 0 radical (unpaired) electrons. The molecule has 2 rings (SSSR count). The summed E-state index contributed by atoms with van der Waals surface area (Å²) in [6, 6.07) is 1.61. The Morgan fingerprint density at radius 3 is 2.80 bits per heavy atom. The minimum atomic E-state index is 0.211. The van der Waals surface area contributed by atoms with Crippen LogP contribution in [0.25, 0.3) is 11.6 Å². The van der Waals surface area contributed by atoms with E-state index >= 15 is 0 Å². The van der Waals surface area contributed by atoms with Gasteiger partial charge in [0.15, 0.2) is 10.8 Å². The first-order chi connectivity index (χ1) is 7.18. The average Bonchev–Trinajstić information content (AvgIpc) is 2.71. The summed E-state index contributed by atoms with van der Waals surface area (Å²) in [5, 5.41) is 16.3. The van der Waals surface area contributed by atoms with Crippen LogP contribution in [0.3, 0.4) is 0 Å². The Kier molecular flexibility index (Phi) is 2.48. The molecule has 0 aliphatic rings. The van der Waals surface area contributed by atoms with Crippen molar-refractivity contribution in [2.75, 3.05) is 12.1 Å².